The first-order valence-electron chi connectivity index (χ1n) is 7.47. The highest BCUT2D eigenvalue weighted by molar-refractivity contribution is 6.30. The van der Waals surface area contributed by atoms with Crippen LogP contribution in [0.1, 0.15) is 12.5 Å². The van der Waals surface area contributed by atoms with Crippen LogP contribution in [0.15, 0.2) is 54.6 Å². The van der Waals surface area contributed by atoms with Crippen molar-refractivity contribution in [3.05, 3.63) is 65.2 Å². The van der Waals surface area contributed by atoms with Crippen LogP contribution < -0.4 is 10.1 Å². The minimum Gasteiger partial charge on any atom is -0.492 e. The molecule has 0 spiro atoms. The molecule has 4 nitrogen and oxygen atoms in total. The molecule has 0 heterocycles. The fourth-order valence-electron chi connectivity index (χ4n) is 1.91. The molecule has 0 aliphatic rings. The van der Waals surface area contributed by atoms with Gasteiger partial charge in [-0.1, -0.05) is 48.0 Å². The number of carbonyl (C=O) groups excluding carboxylic acids is 1. The molecule has 0 aromatic heterocycles. The standard InChI is InChI=1S/C18H20ClNO3/c1-14(23-13-15-6-3-2-4-7-15)18(21)20-10-11-22-17-9-5-8-16(19)12-17/h2-9,12,14H,10-11,13H2,1H3,(H,20,21)/t14-/m1/s1. The first-order valence-corrected chi connectivity index (χ1v) is 7.84. The largest absolute Gasteiger partial charge is 0.492 e. The molecule has 0 radical (unpaired) electrons. The summed E-state index contributed by atoms with van der Waals surface area (Å²) in [6.07, 6.45) is -0.513. The molecular formula is C18H20ClNO3. The summed E-state index contributed by atoms with van der Waals surface area (Å²) in [6, 6.07) is 16.9. The van der Waals surface area contributed by atoms with Crippen molar-refractivity contribution in [1.29, 1.82) is 0 Å². The van der Waals surface area contributed by atoms with Crippen LogP contribution >= 0.6 is 11.6 Å². The Morgan fingerprint density at radius 2 is 1.96 bits per heavy atom. The number of amides is 1. The van der Waals surface area contributed by atoms with Crippen LogP contribution in [0.2, 0.25) is 5.02 Å². The van der Waals surface area contributed by atoms with Gasteiger partial charge in [0.25, 0.3) is 0 Å². The highest BCUT2D eigenvalue weighted by Crippen LogP contribution is 2.16. The van der Waals surface area contributed by atoms with Crippen molar-refractivity contribution in [3.63, 3.8) is 0 Å². The fourth-order valence-corrected chi connectivity index (χ4v) is 2.10. The van der Waals surface area contributed by atoms with E-state index in [1.54, 1.807) is 19.1 Å². The summed E-state index contributed by atoms with van der Waals surface area (Å²) >= 11 is 5.87. The van der Waals surface area contributed by atoms with Crippen LogP contribution in [-0.4, -0.2) is 25.2 Å². The number of rotatable bonds is 8. The third-order valence-corrected chi connectivity index (χ3v) is 3.41. The molecule has 1 N–H and O–H groups in total. The van der Waals surface area contributed by atoms with Gasteiger partial charge in [-0.25, -0.2) is 0 Å². The molecule has 1 atom stereocenters. The molecular weight excluding hydrogens is 314 g/mol. The van der Waals surface area contributed by atoms with Gasteiger partial charge < -0.3 is 14.8 Å². The van der Waals surface area contributed by atoms with Crippen LogP contribution in [0.4, 0.5) is 0 Å². The fraction of sp³-hybridized carbons (Fsp3) is 0.278. The second kappa shape index (κ2) is 9.18. The first kappa shape index (κ1) is 17.3. The second-order valence-electron chi connectivity index (χ2n) is 5.04. The number of carbonyl (C=O) groups is 1. The van der Waals surface area contributed by atoms with Crippen molar-refractivity contribution in [2.75, 3.05) is 13.2 Å². The van der Waals surface area contributed by atoms with E-state index < -0.39 is 6.10 Å². The molecule has 23 heavy (non-hydrogen) atoms. The van der Waals surface area contributed by atoms with E-state index in [1.165, 1.54) is 0 Å². The van der Waals surface area contributed by atoms with Gasteiger partial charge in [0.1, 0.15) is 18.5 Å². The van der Waals surface area contributed by atoms with E-state index in [0.29, 0.717) is 30.5 Å². The average molecular weight is 334 g/mol. The lowest BCUT2D eigenvalue weighted by Gasteiger charge is -2.14. The SMILES string of the molecule is C[C@@H](OCc1ccccc1)C(=O)NCCOc1cccc(Cl)c1. The molecule has 0 fully saturated rings. The van der Waals surface area contributed by atoms with E-state index in [4.69, 9.17) is 21.1 Å². The van der Waals surface area contributed by atoms with Gasteiger partial charge in [0.05, 0.1) is 13.2 Å². The van der Waals surface area contributed by atoms with Gasteiger partial charge in [-0.05, 0) is 30.7 Å². The van der Waals surface area contributed by atoms with Crippen molar-refractivity contribution in [1.82, 2.24) is 5.32 Å². The van der Waals surface area contributed by atoms with Gasteiger partial charge in [-0.2, -0.15) is 0 Å². The Morgan fingerprint density at radius 1 is 1.17 bits per heavy atom. The van der Waals surface area contributed by atoms with E-state index in [9.17, 15) is 4.79 Å². The van der Waals surface area contributed by atoms with Gasteiger partial charge in [0.15, 0.2) is 0 Å². The van der Waals surface area contributed by atoms with E-state index in [-0.39, 0.29) is 5.91 Å². The van der Waals surface area contributed by atoms with E-state index >= 15 is 0 Å². The predicted octanol–water partition coefficient (Wildman–Crippen LogP) is 3.44. The lowest BCUT2D eigenvalue weighted by molar-refractivity contribution is -0.132. The number of benzene rings is 2. The van der Waals surface area contributed by atoms with Gasteiger partial charge in [-0.3, -0.25) is 4.79 Å². The van der Waals surface area contributed by atoms with Crippen LogP contribution in [0, 0.1) is 0 Å². The second-order valence-corrected chi connectivity index (χ2v) is 5.47. The number of ether oxygens (including phenoxy) is 2. The third-order valence-electron chi connectivity index (χ3n) is 3.18. The molecule has 0 saturated carbocycles. The number of hydrogen-bond donors (Lipinski definition) is 1. The Kier molecular flexibility index (Phi) is 6.91. The normalized spacial score (nSPS) is 11.7. The van der Waals surface area contributed by atoms with Crippen molar-refractivity contribution >= 4 is 17.5 Å². The summed E-state index contributed by atoms with van der Waals surface area (Å²) in [6.45, 7) is 2.92. The van der Waals surface area contributed by atoms with E-state index in [0.717, 1.165) is 5.56 Å². The molecule has 5 heteroatoms. The summed E-state index contributed by atoms with van der Waals surface area (Å²) in [5.74, 6) is 0.524. The smallest absolute Gasteiger partial charge is 0.248 e. The highest BCUT2D eigenvalue weighted by Gasteiger charge is 2.12. The maximum absolute atomic E-state index is 11.9. The average Bonchev–Trinajstić information content (AvgIpc) is 2.57. The van der Waals surface area contributed by atoms with E-state index in [1.807, 2.05) is 42.5 Å². The van der Waals surface area contributed by atoms with Gasteiger partial charge in [0, 0.05) is 5.02 Å². The molecule has 0 aliphatic carbocycles. The van der Waals surface area contributed by atoms with Crippen LogP contribution in [0.25, 0.3) is 0 Å². The molecule has 0 unspecified atom stereocenters. The van der Waals surface area contributed by atoms with E-state index in [2.05, 4.69) is 5.32 Å². The zero-order valence-corrected chi connectivity index (χ0v) is 13.8. The molecule has 0 aliphatic heterocycles. The van der Waals surface area contributed by atoms with Crippen LogP contribution in [-0.2, 0) is 16.1 Å². The Morgan fingerprint density at radius 3 is 2.70 bits per heavy atom. The minimum absolute atomic E-state index is 0.157. The molecule has 122 valence electrons. The van der Waals surface area contributed by atoms with Crippen LogP contribution in [0.5, 0.6) is 5.75 Å². The molecule has 0 saturated heterocycles. The number of hydrogen-bond acceptors (Lipinski definition) is 3. The lowest BCUT2D eigenvalue weighted by atomic mass is 10.2. The molecule has 0 bridgehead atoms. The van der Waals surface area contributed by atoms with Crippen molar-refractivity contribution in [2.45, 2.75) is 19.6 Å². The number of nitrogens with one attached hydrogen (secondary N) is 1. The maximum Gasteiger partial charge on any atom is 0.248 e. The van der Waals surface area contributed by atoms with Crippen molar-refractivity contribution in [2.24, 2.45) is 0 Å². The number of halogens is 1. The van der Waals surface area contributed by atoms with Gasteiger partial charge in [0.2, 0.25) is 5.91 Å². The Hall–Kier alpha value is -2.04. The Labute approximate surface area is 141 Å². The quantitative estimate of drug-likeness (QED) is 0.753. The summed E-state index contributed by atoms with van der Waals surface area (Å²) in [5.41, 5.74) is 1.04. The third kappa shape index (κ3) is 6.30. The lowest BCUT2D eigenvalue weighted by Crippen LogP contribution is -2.36. The molecule has 2 rings (SSSR count). The molecule has 2 aromatic rings. The summed E-state index contributed by atoms with van der Waals surface area (Å²) in [5, 5.41) is 3.40. The summed E-state index contributed by atoms with van der Waals surface area (Å²) in [7, 11) is 0. The molecule has 1 amide bonds. The monoisotopic (exact) mass is 333 g/mol. The summed E-state index contributed by atoms with van der Waals surface area (Å²) in [4.78, 5) is 11.9. The highest BCUT2D eigenvalue weighted by atomic mass is 35.5. The maximum atomic E-state index is 11.9. The minimum atomic E-state index is -0.513. The topological polar surface area (TPSA) is 47.6 Å². The zero-order valence-electron chi connectivity index (χ0n) is 13.0. The Bertz CT molecular complexity index is 619. The Balaban J connectivity index is 1.64. The van der Waals surface area contributed by atoms with Gasteiger partial charge >= 0.3 is 0 Å². The predicted molar refractivity (Wildman–Crippen MR) is 90.6 cm³/mol. The van der Waals surface area contributed by atoms with Gasteiger partial charge in [-0.15, -0.1) is 0 Å². The molecule has 2 aromatic carbocycles. The van der Waals surface area contributed by atoms with Crippen molar-refractivity contribution < 1.29 is 14.3 Å². The zero-order chi connectivity index (χ0) is 16.5. The van der Waals surface area contributed by atoms with Crippen LogP contribution in [0.3, 0.4) is 0 Å². The summed E-state index contributed by atoms with van der Waals surface area (Å²) < 4.78 is 11.1. The van der Waals surface area contributed by atoms with Crippen molar-refractivity contribution in [3.8, 4) is 5.75 Å². The first-order chi connectivity index (χ1) is 11.1.